The first-order valence-corrected chi connectivity index (χ1v) is 6.06. The summed E-state index contributed by atoms with van der Waals surface area (Å²) in [5, 5.41) is 3.31. The topological polar surface area (TPSA) is 32.3 Å². The summed E-state index contributed by atoms with van der Waals surface area (Å²) in [6, 6.07) is 0.430. The van der Waals surface area contributed by atoms with Crippen molar-refractivity contribution >= 4 is 5.91 Å². The highest BCUT2D eigenvalue weighted by atomic mass is 16.2. The number of likely N-dealkylation sites (N-methyl/N-ethyl adjacent to an activating group) is 1. The zero-order chi connectivity index (χ0) is 11.1. The maximum Gasteiger partial charge on any atom is 0.226 e. The molecule has 1 N–H and O–H groups in total. The number of amides is 1. The van der Waals surface area contributed by atoms with E-state index in [2.05, 4.69) is 19.2 Å². The number of nitrogens with zero attached hydrogens (tertiary/aromatic N) is 1. The fraction of sp³-hybridized carbons (Fsp3) is 0.917. The average Bonchev–Trinajstić information content (AvgIpc) is 2.69. The molecule has 86 valence electrons. The standard InChI is InChI=1S/C12H22N2O/c1-4-12(2)7-10(12)11(15)14(3)9-5-6-13-8-9/h9-10,13H,4-8H2,1-3H3. The van der Waals surface area contributed by atoms with Gasteiger partial charge in [0, 0.05) is 25.6 Å². The maximum absolute atomic E-state index is 12.2. The molecule has 3 unspecified atom stereocenters. The van der Waals surface area contributed by atoms with Gasteiger partial charge < -0.3 is 10.2 Å². The van der Waals surface area contributed by atoms with E-state index >= 15 is 0 Å². The van der Waals surface area contributed by atoms with Gasteiger partial charge in [0.25, 0.3) is 0 Å². The Morgan fingerprint density at radius 3 is 2.80 bits per heavy atom. The van der Waals surface area contributed by atoms with Crippen molar-refractivity contribution in [3.05, 3.63) is 0 Å². The first kappa shape index (κ1) is 10.9. The molecule has 3 heteroatoms. The molecule has 1 amide bonds. The van der Waals surface area contributed by atoms with Crippen LogP contribution in [0.25, 0.3) is 0 Å². The van der Waals surface area contributed by atoms with Crippen molar-refractivity contribution in [2.24, 2.45) is 11.3 Å². The summed E-state index contributed by atoms with van der Waals surface area (Å²) < 4.78 is 0. The predicted octanol–water partition coefficient (Wildman–Crippen LogP) is 1.24. The van der Waals surface area contributed by atoms with Gasteiger partial charge >= 0.3 is 0 Å². The van der Waals surface area contributed by atoms with Crippen molar-refractivity contribution in [3.8, 4) is 0 Å². The van der Waals surface area contributed by atoms with E-state index < -0.39 is 0 Å². The van der Waals surface area contributed by atoms with Crippen molar-refractivity contribution in [3.63, 3.8) is 0 Å². The van der Waals surface area contributed by atoms with Crippen molar-refractivity contribution in [1.29, 1.82) is 0 Å². The Morgan fingerprint density at radius 1 is 1.60 bits per heavy atom. The highest BCUT2D eigenvalue weighted by molar-refractivity contribution is 5.82. The Balaban J connectivity index is 1.91. The lowest BCUT2D eigenvalue weighted by Crippen LogP contribution is -2.40. The molecule has 1 saturated carbocycles. The van der Waals surface area contributed by atoms with Crippen LogP contribution >= 0.6 is 0 Å². The summed E-state index contributed by atoms with van der Waals surface area (Å²) in [7, 11) is 1.97. The number of rotatable bonds is 3. The van der Waals surface area contributed by atoms with Gasteiger partial charge in [-0.3, -0.25) is 4.79 Å². The second-order valence-corrected chi connectivity index (χ2v) is 5.36. The van der Waals surface area contributed by atoms with E-state index in [9.17, 15) is 4.79 Å². The Hall–Kier alpha value is -0.570. The number of hydrogen-bond acceptors (Lipinski definition) is 2. The van der Waals surface area contributed by atoms with Crippen LogP contribution in [-0.4, -0.2) is 37.0 Å². The summed E-state index contributed by atoms with van der Waals surface area (Å²) >= 11 is 0. The largest absolute Gasteiger partial charge is 0.341 e. The number of nitrogens with one attached hydrogen (secondary N) is 1. The molecule has 0 spiro atoms. The van der Waals surface area contributed by atoms with Gasteiger partial charge in [-0.1, -0.05) is 13.8 Å². The summed E-state index contributed by atoms with van der Waals surface area (Å²) in [5.74, 6) is 0.668. The third kappa shape index (κ3) is 1.89. The van der Waals surface area contributed by atoms with E-state index in [1.807, 2.05) is 11.9 Å². The smallest absolute Gasteiger partial charge is 0.226 e. The van der Waals surface area contributed by atoms with Gasteiger partial charge in [-0.25, -0.2) is 0 Å². The van der Waals surface area contributed by atoms with Crippen LogP contribution in [0, 0.1) is 11.3 Å². The van der Waals surface area contributed by atoms with Crippen molar-refractivity contribution in [2.45, 2.75) is 39.2 Å². The quantitative estimate of drug-likeness (QED) is 0.760. The molecule has 1 aliphatic heterocycles. The molecular weight excluding hydrogens is 188 g/mol. The van der Waals surface area contributed by atoms with Gasteiger partial charge in [-0.2, -0.15) is 0 Å². The molecular formula is C12H22N2O. The summed E-state index contributed by atoms with van der Waals surface area (Å²) in [5.41, 5.74) is 0.303. The molecule has 0 bridgehead atoms. The molecule has 3 atom stereocenters. The minimum atomic E-state index is 0.299. The fourth-order valence-electron chi connectivity index (χ4n) is 2.58. The molecule has 1 saturated heterocycles. The predicted molar refractivity (Wildman–Crippen MR) is 60.5 cm³/mol. The van der Waals surface area contributed by atoms with Gasteiger partial charge in [0.05, 0.1) is 0 Å². The van der Waals surface area contributed by atoms with E-state index in [4.69, 9.17) is 0 Å². The van der Waals surface area contributed by atoms with E-state index in [1.54, 1.807) is 0 Å². The fourth-order valence-corrected chi connectivity index (χ4v) is 2.58. The van der Waals surface area contributed by atoms with E-state index in [0.717, 1.165) is 32.4 Å². The van der Waals surface area contributed by atoms with E-state index in [-0.39, 0.29) is 0 Å². The number of carbonyl (C=O) groups is 1. The normalized spacial score (nSPS) is 39.1. The highest BCUT2D eigenvalue weighted by Crippen LogP contribution is 2.55. The minimum absolute atomic E-state index is 0.299. The first-order chi connectivity index (χ1) is 7.08. The van der Waals surface area contributed by atoms with Crippen molar-refractivity contribution in [2.75, 3.05) is 20.1 Å². The zero-order valence-corrected chi connectivity index (χ0v) is 10.0. The molecule has 0 aromatic carbocycles. The van der Waals surface area contributed by atoms with Gasteiger partial charge in [-0.05, 0) is 31.2 Å². The third-order valence-corrected chi connectivity index (χ3v) is 4.39. The highest BCUT2D eigenvalue weighted by Gasteiger charge is 2.54. The molecule has 0 radical (unpaired) electrons. The van der Waals surface area contributed by atoms with Crippen LogP contribution in [-0.2, 0) is 4.79 Å². The Morgan fingerprint density at radius 2 is 2.33 bits per heavy atom. The summed E-state index contributed by atoms with van der Waals surface area (Å²) in [6.45, 7) is 6.44. The monoisotopic (exact) mass is 210 g/mol. The Labute approximate surface area is 92.2 Å². The van der Waals surface area contributed by atoms with Crippen LogP contribution in [0.2, 0.25) is 0 Å². The second-order valence-electron chi connectivity index (χ2n) is 5.36. The molecule has 15 heavy (non-hydrogen) atoms. The van der Waals surface area contributed by atoms with Crippen LogP contribution in [0.5, 0.6) is 0 Å². The van der Waals surface area contributed by atoms with Gasteiger partial charge in [0.2, 0.25) is 5.91 Å². The molecule has 2 fully saturated rings. The van der Waals surface area contributed by atoms with Crippen LogP contribution in [0.1, 0.15) is 33.1 Å². The molecule has 0 aromatic rings. The number of hydrogen-bond donors (Lipinski definition) is 1. The Bertz CT molecular complexity index is 260. The van der Waals surface area contributed by atoms with Gasteiger partial charge in [0.15, 0.2) is 0 Å². The molecule has 2 aliphatic rings. The van der Waals surface area contributed by atoms with Crippen LogP contribution < -0.4 is 5.32 Å². The lowest BCUT2D eigenvalue weighted by atomic mass is 10.0. The lowest BCUT2D eigenvalue weighted by molar-refractivity contribution is -0.133. The van der Waals surface area contributed by atoms with Crippen LogP contribution in [0.4, 0.5) is 0 Å². The van der Waals surface area contributed by atoms with E-state index in [1.165, 1.54) is 0 Å². The van der Waals surface area contributed by atoms with Crippen LogP contribution in [0.15, 0.2) is 0 Å². The van der Waals surface area contributed by atoms with Crippen molar-refractivity contribution < 1.29 is 4.79 Å². The summed E-state index contributed by atoms with van der Waals surface area (Å²) in [6.07, 6.45) is 3.32. The first-order valence-electron chi connectivity index (χ1n) is 6.06. The molecule has 1 heterocycles. The SMILES string of the molecule is CCC1(C)CC1C(=O)N(C)C1CCNC1. The van der Waals surface area contributed by atoms with E-state index in [0.29, 0.717) is 23.3 Å². The van der Waals surface area contributed by atoms with Crippen LogP contribution in [0.3, 0.4) is 0 Å². The van der Waals surface area contributed by atoms with Gasteiger partial charge in [-0.15, -0.1) is 0 Å². The third-order valence-electron chi connectivity index (χ3n) is 4.39. The molecule has 1 aliphatic carbocycles. The maximum atomic E-state index is 12.2. The number of carbonyl (C=O) groups excluding carboxylic acids is 1. The van der Waals surface area contributed by atoms with Crippen molar-refractivity contribution in [1.82, 2.24) is 10.2 Å². The molecule has 3 nitrogen and oxygen atoms in total. The molecule has 2 rings (SSSR count). The minimum Gasteiger partial charge on any atom is -0.341 e. The lowest BCUT2D eigenvalue weighted by Gasteiger charge is -2.24. The zero-order valence-electron chi connectivity index (χ0n) is 10.0. The second kappa shape index (κ2) is 3.78. The summed E-state index contributed by atoms with van der Waals surface area (Å²) in [4.78, 5) is 14.1. The molecule has 0 aromatic heterocycles. The van der Waals surface area contributed by atoms with Gasteiger partial charge in [0.1, 0.15) is 0 Å². The Kier molecular flexibility index (Phi) is 2.75. The average molecular weight is 210 g/mol.